The highest BCUT2D eigenvalue weighted by atomic mass is 16.3. The molecule has 7 heteroatoms. The molecule has 0 unspecified atom stereocenters. The maximum Gasteiger partial charge on any atom is 0.225 e. The normalized spacial score (nSPS) is 15.4. The van der Waals surface area contributed by atoms with Gasteiger partial charge < -0.3 is 14.6 Å². The van der Waals surface area contributed by atoms with Crippen molar-refractivity contribution in [3.8, 4) is 5.75 Å². The second kappa shape index (κ2) is 7.27. The van der Waals surface area contributed by atoms with Crippen molar-refractivity contribution in [2.75, 3.05) is 31.1 Å². The van der Waals surface area contributed by atoms with Gasteiger partial charge in [0.1, 0.15) is 0 Å². The molecule has 0 aliphatic carbocycles. The Labute approximate surface area is 140 Å². The van der Waals surface area contributed by atoms with Crippen LogP contribution in [0.2, 0.25) is 0 Å². The minimum absolute atomic E-state index is 0.230. The van der Waals surface area contributed by atoms with Gasteiger partial charge in [-0.05, 0) is 6.07 Å². The number of hydrogen-bond acceptors (Lipinski definition) is 6. The van der Waals surface area contributed by atoms with Crippen molar-refractivity contribution >= 4 is 5.95 Å². The van der Waals surface area contributed by atoms with Crippen LogP contribution in [0.3, 0.4) is 0 Å². The smallest absolute Gasteiger partial charge is 0.225 e. The van der Waals surface area contributed by atoms with Gasteiger partial charge in [-0.1, -0.05) is 6.08 Å². The lowest BCUT2D eigenvalue weighted by Gasteiger charge is -2.35. The molecule has 126 valence electrons. The Kier molecular flexibility index (Phi) is 4.90. The van der Waals surface area contributed by atoms with Crippen molar-refractivity contribution in [1.29, 1.82) is 0 Å². The van der Waals surface area contributed by atoms with Crippen LogP contribution in [0.25, 0.3) is 0 Å². The minimum Gasteiger partial charge on any atom is -0.503 e. The number of allylic oxidation sites excluding steroid dienone is 1. The quantitative estimate of drug-likeness (QED) is 0.821. The Bertz CT molecular complexity index is 751. The number of anilines is 1. The highest BCUT2D eigenvalue weighted by Crippen LogP contribution is 2.13. The molecule has 0 amide bonds. The molecule has 24 heavy (non-hydrogen) atoms. The Morgan fingerprint density at radius 2 is 1.92 bits per heavy atom. The van der Waals surface area contributed by atoms with Gasteiger partial charge in [-0.3, -0.25) is 9.69 Å². The van der Waals surface area contributed by atoms with E-state index in [1.165, 1.54) is 12.3 Å². The Hall–Kier alpha value is -2.67. The van der Waals surface area contributed by atoms with E-state index >= 15 is 0 Å². The first-order chi connectivity index (χ1) is 11.7. The third-order valence-corrected chi connectivity index (χ3v) is 4.12. The summed E-state index contributed by atoms with van der Waals surface area (Å²) in [5, 5.41) is 9.62. The van der Waals surface area contributed by atoms with Gasteiger partial charge in [0.25, 0.3) is 0 Å². The molecular formula is C17H21N5O2. The van der Waals surface area contributed by atoms with E-state index in [-0.39, 0.29) is 11.2 Å². The maximum atomic E-state index is 11.7. The molecule has 2 aromatic heterocycles. The topological polar surface area (TPSA) is 74.5 Å². The van der Waals surface area contributed by atoms with Gasteiger partial charge in [-0.2, -0.15) is 0 Å². The van der Waals surface area contributed by atoms with Crippen LogP contribution >= 0.6 is 0 Å². The molecule has 7 nitrogen and oxygen atoms in total. The van der Waals surface area contributed by atoms with E-state index in [2.05, 4.69) is 26.3 Å². The average Bonchev–Trinajstić information content (AvgIpc) is 2.61. The number of rotatable bonds is 5. The lowest BCUT2D eigenvalue weighted by Crippen LogP contribution is -2.46. The lowest BCUT2D eigenvalue weighted by atomic mass is 10.2. The molecule has 0 spiro atoms. The van der Waals surface area contributed by atoms with Gasteiger partial charge in [0.15, 0.2) is 5.75 Å². The molecule has 1 N–H and O–H groups in total. The van der Waals surface area contributed by atoms with Crippen LogP contribution in [0, 0.1) is 0 Å². The van der Waals surface area contributed by atoms with Crippen LogP contribution in [0.1, 0.15) is 5.69 Å². The van der Waals surface area contributed by atoms with Crippen LogP contribution in [-0.2, 0) is 13.1 Å². The standard InChI is InChI=1S/C17H21N5O2/c1-2-6-22-13-16(24)15(23)11-14(22)12-20-7-9-21(10-8-20)17-18-4-3-5-19-17/h2-5,11,13,24H,1,6-10,12H2. The van der Waals surface area contributed by atoms with Gasteiger partial charge in [-0.15, -0.1) is 6.58 Å². The summed E-state index contributed by atoms with van der Waals surface area (Å²) in [6, 6.07) is 3.31. The van der Waals surface area contributed by atoms with Gasteiger partial charge >= 0.3 is 0 Å². The molecule has 1 aliphatic heterocycles. The number of aromatic nitrogens is 3. The SMILES string of the molecule is C=CCn1cc(O)c(=O)cc1CN1CCN(c2ncccn2)CC1. The zero-order valence-corrected chi connectivity index (χ0v) is 13.5. The number of hydrogen-bond donors (Lipinski definition) is 1. The summed E-state index contributed by atoms with van der Waals surface area (Å²) in [6.07, 6.45) is 6.73. The van der Waals surface area contributed by atoms with E-state index in [0.717, 1.165) is 37.8 Å². The molecule has 0 radical (unpaired) electrons. The summed E-state index contributed by atoms with van der Waals surface area (Å²) in [6.45, 7) is 8.35. The number of piperazine rings is 1. The van der Waals surface area contributed by atoms with Crippen LogP contribution in [-0.4, -0.2) is 50.7 Å². The first-order valence-electron chi connectivity index (χ1n) is 7.95. The predicted molar refractivity (Wildman–Crippen MR) is 92.1 cm³/mol. The largest absolute Gasteiger partial charge is 0.503 e. The summed E-state index contributed by atoms with van der Waals surface area (Å²) in [5.74, 6) is 0.525. The summed E-state index contributed by atoms with van der Waals surface area (Å²) in [4.78, 5) is 24.7. The van der Waals surface area contributed by atoms with Crippen LogP contribution < -0.4 is 10.3 Å². The van der Waals surface area contributed by atoms with E-state index < -0.39 is 0 Å². The Morgan fingerprint density at radius 1 is 1.21 bits per heavy atom. The lowest BCUT2D eigenvalue weighted by molar-refractivity contribution is 0.242. The first-order valence-corrected chi connectivity index (χ1v) is 7.95. The highest BCUT2D eigenvalue weighted by Gasteiger charge is 2.19. The summed E-state index contributed by atoms with van der Waals surface area (Å²) in [5.41, 5.74) is 0.531. The fraction of sp³-hybridized carbons (Fsp3) is 0.353. The molecular weight excluding hydrogens is 306 g/mol. The van der Waals surface area contributed by atoms with Gasteiger partial charge in [0.05, 0.1) is 6.20 Å². The summed E-state index contributed by atoms with van der Waals surface area (Å²) in [7, 11) is 0. The zero-order valence-electron chi connectivity index (χ0n) is 13.5. The number of pyridine rings is 1. The van der Waals surface area contributed by atoms with Crippen LogP contribution in [0.15, 0.2) is 48.2 Å². The molecule has 3 heterocycles. The highest BCUT2D eigenvalue weighted by molar-refractivity contribution is 5.29. The minimum atomic E-state index is -0.346. The van der Waals surface area contributed by atoms with Crippen molar-refractivity contribution in [3.05, 3.63) is 59.3 Å². The average molecular weight is 327 g/mol. The van der Waals surface area contributed by atoms with Crippen molar-refractivity contribution < 1.29 is 5.11 Å². The molecule has 1 saturated heterocycles. The Morgan fingerprint density at radius 3 is 2.58 bits per heavy atom. The maximum absolute atomic E-state index is 11.7. The molecule has 1 aliphatic rings. The summed E-state index contributed by atoms with van der Waals surface area (Å²) >= 11 is 0. The van der Waals surface area contributed by atoms with E-state index in [4.69, 9.17) is 0 Å². The van der Waals surface area contributed by atoms with Crippen molar-refractivity contribution in [2.45, 2.75) is 13.1 Å². The van der Waals surface area contributed by atoms with Crippen molar-refractivity contribution in [2.24, 2.45) is 0 Å². The van der Waals surface area contributed by atoms with E-state index in [1.807, 2.05) is 10.6 Å². The predicted octanol–water partition coefficient (Wildman–Crippen LogP) is 0.852. The summed E-state index contributed by atoms with van der Waals surface area (Å²) < 4.78 is 1.86. The monoisotopic (exact) mass is 327 g/mol. The van der Waals surface area contributed by atoms with Crippen LogP contribution in [0.5, 0.6) is 5.75 Å². The van der Waals surface area contributed by atoms with Gasteiger partial charge in [0.2, 0.25) is 11.4 Å². The molecule has 0 atom stereocenters. The van der Waals surface area contributed by atoms with E-state index in [0.29, 0.717) is 13.1 Å². The molecule has 0 aromatic carbocycles. The number of aromatic hydroxyl groups is 1. The second-order valence-electron chi connectivity index (χ2n) is 5.77. The van der Waals surface area contributed by atoms with Gasteiger partial charge in [0, 0.05) is 63.4 Å². The molecule has 3 rings (SSSR count). The van der Waals surface area contributed by atoms with Gasteiger partial charge in [-0.25, -0.2) is 9.97 Å². The van der Waals surface area contributed by atoms with Crippen molar-refractivity contribution in [3.63, 3.8) is 0 Å². The fourth-order valence-corrected chi connectivity index (χ4v) is 2.84. The van der Waals surface area contributed by atoms with Crippen molar-refractivity contribution in [1.82, 2.24) is 19.4 Å². The molecule has 2 aromatic rings. The van der Waals surface area contributed by atoms with E-state index in [9.17, 15) is 9.90 Å². The molecule has 1 fully saturated rings. The third-order valence-electron chi connectivity index (χ3n) is 4.12. The van der Waals surface area contributed by atoms with E-state index in [1.54, 1.807) is 18.5 Å². The van der Waals surface area contributed by atoms with Crippen LogP contribution in [0.4, 0.5) is 5.95 Å². The fourth-order valence-electron chi connectivity index (χ4n) is 2.84. The number of nitrogens with zero attached hydrogens (tertiary/aromatic N) is 5. The first kappa shape index (κ1) is 16.2. The second-order valence-corrected chi connectivity index (χ2v) is 5.77. The molecule has 0 saturated carbocycles. The Balaban J connectivity index is 1.67. The molecule has 0 bridgehead atoms. The third kappa shape index (κ3) is 3.62. The zero-order chi connectivity index (χ0) is 16.9.